The molecule has 0 heterocycles. The van der Waals surface area contributed by atoms with Gasteiger partial charge in [0.2, 0.25) is 5.91 Å². The van der Waals surface area contributed by atoms with Crippen molar-refractivity contribution in [2.24, 2.45) is 0 Å². The molecule has 0 aliphatic rings. The van der Waals surface area contributed by atoms with Gasteiger partial charge in [0.05, 0.1) is 12.8 Å². The van der Waals surface area contributed by atoms with Crippen LogP contribution in [-0.2, 0) is 4.79 Å². The number of carbonyl (C=O) groups is 1. The molecule has 0 bridgehead atoms. The Bertz CT molecular complexity index is 711. The van der Waals surface area contributed by atoms with Gasteiger partial charge in [0.25, 0.3) is 0 Å². The monoisotopic (exact) mass is 485 g/mol. The second kappa shape index (κ2) is 11.1. The van der Waals surface area contributed by atoms with Crippen molar-refractivity contribution in [2.45, 2.75) is 20.8 Å². The smallest absolute Gasteiger partial charge is 0.221 e. The van der Waals surface area contributed by atoms with Crippen molar-refractivity contribution in [2.75, 3.05) is 36.1 Å². The van der Waals surface area contributed by atoms with Gasteiger partial charge in [0, 0.05) is 40.3 Å². The quantitative estimate of drug-likeness (QED) is 0.563. The van der Waals surface area contributed by atoms with Crippen LogP contribution in [0.1, 0.15) is 20.8 Å². The Balaban J connectivity index is 0.000000273. The molecule has 0 aliphatic heterocycles. The van der Waals surface area contributed by atoms with Crippen LogP contribution in [0.15, 0.2) is 45.3 Å². The number of benzene rings is 2. The summed E-state index contributed by atoms with van der Waals surface area (Å²) in [7, 11) is 1.62. The number of nitrogens with zero attached hydrogens (tertiary/aromatic N) is 1. The van der Waals surface area contributed by atoms with Crippen LogP contribution >= 0.6 is 31.9 Å². The van der Waals surface area contributed by atoms with Crippen LogP contribution in [0.3, 0.4) is 0 Å². The van der Waals surface area contributed by atoms with E-state index < -0.39 is 0 Å². The molecule has 0 radical (unpaired) electrons. The Morgan fingerprint density at radius 1 is 1.15 bits per heavy atom. The van der Waals surface area contributed by atoms with Crippen molar-refractivity contribution in [3.63, 3.8) is 0 Å². The highest BCUT2D eigenvalue weighted by Gasteiger charge is 2.03. The van der Waals surface area contributed by atoms with E-state index in [-0.39, 0.29) is 5.91 Å². The summed E-state index contributed by atoms with van der Waals surface area (Å²) < 4.78 is 6.69. The number of methoxy groups -OCH3 is 1. The first-order valence-electron chi connectivity index (χ1n) is 8.23. The Hall–Kier alpha value is -1.73. The molecule has 2 aromatic carbocycles. The second-order valence-electron chi connectivity index (χ2n) is 5.41. The lowest BCUT2D eigenvalue weighted by Crippen LogP contribution is -2.21. The van der Waals surface area contributed by atoms with Crippen LogP contribution in [0, 0.1) is 0 Å². The van der Waals surface area contributed by atoms with E-state index in [0.717, 1.165) is 39.2 Å². The molecule has 2 aromatic rings. The Morgan fingerprint density at radius 3 is 2.19 bits per heavy atom. The Labute approximate surface area is 172 Å². The van der Waals surface area contributed by atoms with Crippen LogP contribution in [0.4, 0.5) is 17.1 Å². The predicted molar refractivity (Wildman–Crippen MR) is 117 cm³/mol. The summed E-state index contributed by atoms with van der Waals surface area (Å²) in [5.74, 6) is 0.740. The van der Waals surface area contributed by atoms with E-state index in [1.165, 1.54) is 6.92 Å². The molecule has 0 atom stereocenters. The standard InChI is InChI=1S/C12H18N2O.C7H7Br2NO/c1-4-14(5-2)12-8-6-7-11(9-12)13-10(3)15;1-11-4-2-5(8)7(10)6(9)3-4/h6-9H,4-5H2,1-3H3,(H,13,15);2-3H,10H2,1H3. The molecule has 7 heteroatoms. The first-order chi connectivity index (χ1) is 12.3. The fourth-order valence-electron chi connectivity index (χ4n) is 2.25. The Kier molecular flexibility index (Phi) is 9.51. The number of hydrogen-bond acceptors (Lipinski definition) is 4. The summed E-state index contributed by atoms with van der Waals surface area (Å²) >= 11 is 6.61. The summed E-state index contributed by atoms with van der Waals surface area (Å²) in [6.45, 7) is 7.70. The summed E-state index contributed by atoms with van der Waals surface area (Å²) in [5.41, 5.74) is 8.34. The van der Waals surface area contributed by atoms with Gasteiger partial charge in [0.15, 0.2) is 0 Å². The predicted octanol–water partition coefficient (Wildman–Crippen LogP) is 5.29. The van der Waals surface area contributed by atoms with E-state index in [1.807, 2.05) is 30.3 Å². The Morgan fingerprint density at radius 2 is 1.73 bits per heavy atom. The van der Waals surface area contributed by atoms with E-state index >= 15 is 0 Å². The second-order valence-corrected chi connectivity index (χ2v) is 7.12. The summed E-state index contributed by atoms with van der Waals surface area (Å²) in [4.78, 5) is 13.2. The van der Waals surface area contributed by atoms with Crippen molar-refractivity contribution < 1.29 is 9.53 Å². The van der Waals surface area contributed by atoms with Crippen molar-refractivity contribution >= 4 is 54.8 Å². The number of hydrogen-bond donors (Lipinski definition) is 2. The summed E-state index contributed by atoms with van der Waals surface area (Å²) in [5, 5.41) is 2.78. The highest BCUT2D eigenvalue weighted by Crippen LogP contribution is 2.32. The lowest BCUT2D eigenvalue weighted by atomic mass is 10.2. The number of anilines is 3. The van der Waals surface area contributed by atoms with Crippen LogP contribution in [0.25, 0.3) is 0 Å². The van der Waals surface area contributed by atoms with Crippen molar-refractivity contribution in [3.8, 4) is 5.75 Å². The summed E-state index contributed by atoms with van der Waals surface area (Å²) in [6.07, 6.45) is 0. The molecule has 0 unspecified atom stereocenters. The minimum absolute atomic E-state index is 0.0355. The third-order valence-corrected chi connectivity index (χ3v) is 4.90. The molecule has 0 aliphatic carbocycles. The number of rotatable bonds is 5. The SMILES string of the molecule is CCN(CC)c1cccc(NC(C)=O)c1.COc1cc(Br)c(N)c(Br)c1. The fourth-order valence-corrected chi connectivity index (χ4v) is 3.40. The van der Waals surface area contributed by atoms with E-state index in [0.29, 0.717) is 5.69 Å². The maximum atomic E-state index is 10.9. The van der Waals surface area contributed by atoms with Crippen LogP contribution < -0.4 is 20.7 Å². The molecule has 0 spiro atoms. The molecule has 1 amide bonds. The first kappa shape index (κ1) is 22.3. The van der Waals surface area contributed by atoms with Gasteiger partial charge in [-0.15, -0.1) is 0 Å². The molecule has 0 fully saturated rings. The molecule has 142 valence electrons. The third kappa shape index (κ3) is 6.88. The van der Waals surface area contributed by atoms with E-state index in [1.54, 1.807) is 7.11 Å². The third-order valence-electron chi connectivity index (χ3n) is 3.58. The van der Waals surface area contributed by atoms with Gasteiger partial charge in [-0.2, -0.15) is 0 Å². The van der Waals surface area contributed by atoms with Gasteiger partial charge in [-0.25, -0.2) is 0 Å². The lowest BCUT2D eigenvalue weighted by Gasteiger charge is -2.21. The minimum Gasteiger partial charge on any atom is -0.497 e. The van der Waals surface area contributed by atoms with Gasteiger partial charge in [-0.1, -0.05) is 6.07 Å². The highest BCUT2D eigenvalue weighted by atomic mass is 79.9. The van der Waals surface area contributed by atoms with Gasteiger partial charge < -0.3 is 20.7 Å². The number of halogens is 2. The van der Waals surface area contributed by atoms with Crippen molar-refractivity contribution in [3.05, 3.63) is 45.3 Å². The van der Waals surface area contributed by atoms with Crippen LogP contribution in [-0.4, -0.2) is 26.1 Å². The van der Waals surface area contributed by atoms with Gasteiger partial charge in [-0.3, -0.25) is 4.79 Å². The molecule has 3 N–H and O–H groups in total. The molecule has 0 aromatic heterocycles. The summed E-state index contributed by atoms with van der Waals surface area (Å²) in [6, 6.07) is 11.5. The number of nitrogens with one attached hydrogen (secondary N) is 1. The van der Waals surface area contributed by atoms with Crippen LogP contribution in [0.5, 0.6) is 5.75 Å². The zero-order valence-corrected chi connectivity index (χ0v) is 18.6. The maximum absolute atomic E-state index is 10.9. The maximum Gasteiger partial charge on any atom is 0.221 e. The van der Waals surface area contributed by atoms with Crippen LogP contribution in [0.2, 0.25) is 0 Å². The number of ether oxygens (including phenoxy) is 1. The van der Waals surface area contributed by atoms with E-state index in [9.17, 15) is 4.79 Å². The number of carbonyl (C=O) groups excluding carboxylic acids is 1. The normalized spacial score (nSPS) is 9.77. The van der Waals surface area contributed by atoms with Gasteiger partial charge in [0.1, 0.15) is 5.75 Å². The fraction of sp³-hybridized carbons (Fsp3) is 0.316. The average molecular weight is 487 g/mol. The number of nitrogens with two attached hydrogens (primary N) is 1. The molecule has 0 saturated heterocycles. The average Bonchev–Trinajstić information content (AvgIpc) is 2.60. The number of amides is 1. The highest BCUT2D eigenvalue weighted by molar-refractivity contribution is 9.11. The zero-order chi connectivity index (χ0) is 19.7. The lowest BCUT2D eigenvalue weighted by molar-refractivity contribution is -0.114. The molecule has 26 heavy (non-hydrogen) atoms. The largest absolute Gasteiger partial charge is 0.497 e. The first-order valence-corrected chi connectivity index (χ1v) is 9.82. The zero-order valence-electron chi connectivity index (χ0n) is 15.5. The molecule has 0 saturated carbocycles. The van der Waals surface area contributed by atoms with Crippen molar-refractivity contribution in [1.29, 1.82) is 0 Å². The van der Waals surface area contributed by atoms with Gasteiger partial charge >= 0.3 is 0 Å². The molecular formula is C19H25Br2N3O2. The topological polar surface area (TPSA) is 67.6 Å². The van der Waals surface area contributed by atoms with Crippen molar-refractivity contribution in [1.82, 2.24) is 0 Å². The molecule has 2 rings (SSSR count). The molecular weight excluding hydrogens is 462 g/mol. The van der Waals surface area contributed by atoms with E-state index in [4.69, 9.17) is 10.5 Å². The number of nitrogen functional groups attached to an aromatic ring is 1. The van der Waals surface area contributed by atoms with Gasteiger partial charge in [-0.05, 0) is 76.0 Å². The van der Waals surface area contributed by atoms with E-state index in [2.05, 4.69) is 62.0 Å². The molecule has 5 nitrogen and oxygen atoms in total. The minimum atomic E-state index is -0.0355.